The molecule has 1 aromatic heterocycles. The highest BCUT2D eigenvalue weighted by molar-refractivity contribution is 5.26. The van der Waals surface area contributed by atoms with E-state index >= 15 is 0 Å². The first-order valence-electron chi connectivity index (χ1n) is 5.98. The van der Waals surface area contributed by atoms with Crippen molar-refractivity contribution in [3.05, 3.63) is 29.6 Å². The van der Waals surface area contributed by atoms with Crippen molar-refractivity contribution in [3.8, 4) is 0 Å². The Labute approximate surface area is 97.7 Å². The number of pyridine rings is 1. The number of aromatic nitrogens is 1. The minimum Gasteiger partial charge on any atom is -0.330 e. The fourth-order valence-electron chi connectivity index (χ4n) is 2.72. The quantitative estimate of drug-likeness (QED) is 0.833. The van der Waals surface area contributed by atoms with Crippen LogP contribution in [0.4, 0.5) is 0 Å². The molecule has 0 amide bonds. The smallest absolute Gasteiger partial charge is 0.0372 e. The van der Waals surface area contributed by atoms with E-state index in [1.54, 1.807) is 0 Å². The number of hydrogen-bond acceptors (Lipinski definition) is 3. The van der Waals surface area contributed by atoms with Gasteiger partial charge in [0.15, 0.2) is 0 Å². The molecule has 2 N–H and O–H groups in total. The van der Waals surface area contributed by atoms with Gasteiger partial charge in [-0.05, 0) is 51.5 Å². The Kier molecular flexibility index (Phi) is 3.26. The molecule has 1 aliphatic heterocycles. The third-order valence-electron chi connectivity index (χ3n) is 3.69. The second-order valence-corrected chi connectivity index (χ2v) is 5.00. The molecule has 3 heteroatoms. The molecule has 0 radical (unpaired) electrons. The van der Waals surface area contributed by atoms with Crippen molar-refractivity contribution in [1.29, 1.82) is 0 Å². The van der Waals surface area contributed by atoms with Gasteiger partial charge >= 0.3 is 0 Å². The normalized spacial score (nSPS) is 26.2. The summed E-state index contributed by atoms with van der Waals surface area (Å²) in [4.78, 5) is 6.80. The predicted molar refractivity (Wildman–Crippen MR) is 66.4 cm³/mol. The maximum Gasteiger partial charge on any atom is 0.0372 e. The SMILES string of the molecule is Cc1ccc(C2(CCN)CCN(C)C2)cn1. The molecule has 0 bridgehead atoms. The van der Waals surface area contributed by atoms with Crippen molar-refractivity contribution < 1.29 is 0 Å². The summed E-state index contributed by atoms with van der Waals surface area (Å²) in [5.74, 6) is 0. The van der Waals surface area contributed by atoms with Gasteiger partial charge in [-0.2, -0.15) is 0 Å². The summed E-state index contributed by atoms with van der Waals surface area (Å²) < 4.78 is 0. The highest BCUT2D eigenvalue weighted by Crippen LogP contribution is 2.36. The molecule has 88 valence electrons. The summed E-state index contributed by atoms with van der Waals surface area (Å²) in [5, 5.41) is 0. The topological polar surface area (TPSA) is 42.1 Å². The van der Waals surface area contributed by atoms with Crippen LogP contribution < -0.4 is 5.73 Å². The molecule has 2 heterocycles. The van der Waals surface area contributed by atoms with E-state index in [-0.39, 0.29) is 5.41 Å². The lowest BCUT2D eigenvalue weighted by atomic mass is 9.77. The molecule has 0 aliphatic carbocycles. The Morgan fingerprint density at radius 3 is 2.81 bits per heavy atom. The zero-order valence-electron chi connectivity index (χ0n) is 10.2. The minimum absolute atomic E-state index is 0.240. The monoisotopic (exact) mass is 219 g/mol. The van der Waals surface area contributed by atoms with Gasteiger partial charge in [-0.25, -0.2) is 0 Å². The molecular weight excluding hydrogens is 198 g/mol. The zero-order valence-corrected chi connectivity index (χ0v) is 10.2. The van der Waals surface area contributed by atoms with Gasteiger partial charge in [-0.1, -0.05) is 6.07 Å². The van der Waals surface area contributed by atoms with Crippen LogP contribution in [-0.2, 0) is 5.41 Å². The van der Waals surface area contributed by atoms with E-state index in [0.717, 1.165) is 31.7 Å². The third kappa shape index (κ3) is 2.11. The Morgan fingerprint density at radius 2 is 2.31 bits per heavy atom. The van der Waals surface area contributed by atoms with Gasteiger partial charge in [0.1, 0.15) is 0 Å². The number of aryl methyl sites for hydroxylation is 1. The van der Waals surface area contributed by atoms with Crippen molar-refractivity contribution in [2.24, 2.45) is 5.73 Å². The van der Waals surface area contributed by atoms with E-state index < -0.39 is 0 Å². The molecule has 1 saturated heterocycles. The van der Waals surface area contributed by atoms with E-state index in [2.05, 4.69) is 29.1 Å². The van der Waals surface area contributed by atoms with Crippen LogP contribution in [-0.4, -0.2) is 36.6 Å². The number of rotatable bonds is 3. The Hall–Kier alpha value is -0.930. The highest BCUT2D eigenvalue weighted by atomic mass is 15.1. The second kappa shape index (κ2) is 4.52. The molecule has 3 nitrogen and oxygen atoms in total. The first kappa shape index (κ1) is 11.6. The van der Waals surface area contributed by atoms with E-state index in [9.17, 15) is 0 Å². The fourth-order valence-corrected chi connectivity index (χ4v) is 2.72. The van der Waals surface area contributed by atoms with E-state index in [4.69, 9.17) is 5.73 Å². The van der Waals surface area contributed by atoms with Crippen molar-refractivity contribution in [1.82, 2.24) is 9.88 Å². The van der Waals surface area contributed by atoms with Gasteiger partial charge in [0, 0.05) is 23.9 Å². The molecule has 1 aromatic rings. The van der Waals surface area contributed by atoms with E-state index in [1.807, 2.05) is 13.1 Å². The first-order valence-corrected chi connectivity index (χ1v) is 5.98. The molecule has 1 atom stereocenters. The van der Waals surface area contributed by atoms with Gasteiger partial charge in [0.05, 0.1) is 0 Å². The van der Waals surface area contributed by atoms with Gasteiger partial charge in [-0.3, -0.25) is 4.98 Å². The van der Waals surface area contributed by atoms with Crippen LogP contribution >= 0.6 is 0 Å². The molecule has 1 aliphatic rings. The van der Waals surface area contributed by atoms with Crippen LogP contribution in [0.15, 0.2) is 18.3 Å². The average Bonchev–Trinajstić information content (AvgIpc) is 2.63. The summed E-state index contributed by atoms with van der Waals surface area (Å²) in [6.07, 6.45) is 4.29. The lowest BCUT2D eigenvalue weighted by Crippen LogP contribution is -2.32. The van der Waals surface area contributed by atoms with Gasteiger partial charge in [-0.15, -0.1) is 0 Å². The van der Waals surface area contributed by atoms with Crippen LogP contribution in [0.2, 0.25) is 0 Å². The first-order chi connectivity index (χ1) is 7.66. The lowest BCUT2D eigenvalue weighted by Gasteiger charge is -2.29. The van der Waals surface area contributed by atoms with Crippen LogP contribution in [0, 0.1) is 6.92 Å². The van der Waals surface area contributed by atoms with Crippen LogP contribution in [0.5, 0.6) is 0 Å². The number of hydrogen-bond donors (Lipinski definition) is 1. The third-order valence-corrected chi connectivity index (χ3v) is 3.69. The van der Waals surface area contributed by atoms with Crippen LogP contribution in [0.25, 0.3) is 0 Å². The van der Waals surface area contributed by atoms with Gasteiger partial charge in [0.2, 0.25) is 0 Å². The molecule has 2 rings (SSSR count). The number of likely N-dealkylation sites (tertiary alicyclic amines) is 1. The Balaban J connectivity index is 2.28. The molecule has 0 saturated carbocycles. The van der Waals surface area contributed by atoms with Crippen LogP contribution in [0.3, 0.4) is 0 Å². The maximum absolute atomic E-state index is 5.77. The molecule has 0 spiro atoms. The Bertz CT molecular complexity index is 343. The van der Waals surface area contributed by atoms with E-state index in [1.165, 1.54) is 12.0 Å². The number of likely N-dealkylation sites (N-methyl/N-ethyl adjacent to an activating group) is 1. The molecule has 16 heavy (non-hydrogen) atoms. The number of nitrogens with two attached hydrogens (primary N) is 1. The fraction of sp³-hybridized carbons (Fsp3) is 0.615. The van der Waals surface area contributed by atoms with Crippen molar-refractivity contribution in [2.45, 2.75) is 25.2 Å². The van der Waals surface area contributed by atoms with Crippen molar-refractivity contribution in [2.75, 3.05) is 26.7 Å². The maximum atomic E-state index is 5.77. The summed E-state index contributed by atoms with van der Waals surface area (Å²) in [7, 11) is 2.18. The Morgan fingerprint density at radius 1 is 1.50 bits per heavy atom. The zero-order chi connectivity index (χ0) is 11.6. The summed E-state index contributed by atoms with van der Waals surface area (Å²) in [6, 6.07) is 4.32. The summed E-state index contributed by atoms with van der Waals surface area (Å²) in [5.41, 5.74) is 8.44. The van der Waals surface area contributed by atoms with Gasteiger partial charge in [0.25, 0.3) is 0 Å². The average molecular weight is 219 g/mol. The second-order valence-electron chi connectivity index (χ2n) is 5.00. The lowest BCUT2D eigenvalue weighted by molar-refractivity contribution is 0.355. The molecule has 1 fully saturated rings. The van der Waals surface area contributed by atoms with Crippen molar-refractivity contribution >= 4 is 0 Å². The number of nitrogens with zero attached hydrogens (tertiary/aromatic N) is 2. The van der Waals surface area contributed by atoms with Gasteiger partial charge < -0.3 is 10.6 Å². The predicted octanol–water partition coefficient (Wildman–Crippen LogP) is 1.31. The molecule has 1 unspecified atom stereocenters. The van der Waals surface area contributed by atoms with Crippen LogP contribution in [0.1, 0.15) is 24.1 Å². The molecule has 0 aromatic carbocycles. The highest BCUT2D eigenvalue weighted by Gasteiger charge is 2.37. The standard InChI is InChI=1S/C13H21N3/c1-11-3-4-12(9-15-11)13(5-7-14)6-8-16(2)10-13/h3-4,9H,5-8,10,14H2,1-2H3. The largest absolute Gasteiger partial charge is 0.330 e. The minimum atomic E-state index is 0.240. The van der Waals surface area contributed by atoms with Crippen molar-refractivity contribution in [3.63, 3.8) is 0 Å². The summed E-state index contributed by atoms with van der Waals surface area (Å²) >= 11 is 0. The van der Waals surface area contributed by atoms with E-state index in [0.29, 0.717) is 0 Å². The summed E-state index contributed by atoms with van der Waals surface area (Å²) in [6.45, 7) is 5.05. The molecular formula is C13H21N3.